The Hall–Kier alpha value is -2.36. The van der Waals surface area contributed by atoms with E-state index in [1.807, 2.05) is 23.1 Å². The van der Waals surface area contributed by atoms with Crippen LogP contribution in [0.1, 0.15) is 50.0 Å². The summed E-state index contributed by atoms with van der Waals surface area (Å²) in [5.74, 6) is 0.790. The lowest BCUT2D eigenvalue weighted by molar-refractivity contribution is -0.151. The fourth-order valence-corrected chi connectivity index (χ4v) is 5.53. The van der Waals surface area contributed by atoms with E-state index in [0.717, 1.165) is 37.0 Å². The number of rotatable bonds is 5. The van der Waals surface area contributed by atoms with Crippen LogP contribution < -0.4 is 15.4 Å². The van der Waals surface area contributed by atoms with Crippen LogP contribution in [0, 0.1) is 0 Å². The van der Waals surface area contributed by atoms with E-state index < -0.39 is 6.10 Å². The fourth-order valence-electron chi connectivity index (χ4n) is 5.53. The molecule has 0 spiro atoms. The van der Waals surface area contributed by atoms with E-state index in [4.69, 9.17) is 14.2 Å². The maximum atomic E-state index is 12.8. The highest BCUT2D eigenvalue weighted by Crippen LogP contribution is 2.47. The molecule has 5 rings (SSSR count). The van der Waals surface area contributed by atoms with Gasteiger partial charge in [-0.25, -0.2) is 4.79 Å². The summed E-state index contributed by atoms with van der Waals surface area (Å²) in [5, 5.41) is 15.9. The van der Waals surface area contributed by atoms with Crippen molar-refractivity contribution < 1.29 is 28.9 Å². The number of hydrogen-bond acceptors (Lipinski definition) is 6. The second-order valence-electron chi connectivity index (χ2n) is 9.43. The SMILES string of the molecule is O=C(Nc1ccc2c(c1)[C@@H]1C[C@H](CC(=O)N3CCOCC3)O[C@@H](CO)[C@@H]1O2)NC1CCCC1. The molecule has 0 unspecified atom stereocenters. The highest BCUT2D eigenvalue weighted by Gasteiger charge is 2.46. The van der Waals surface area contributed by atoms with E-state index in [-0.39, 0.29) is 49.1 Å². The molecule has 180 valence electrons. The lowest BCUT2D eigenvalue weighted by Crippen LogP contribution is -2.48. The van der Waals surface area contributed by atoms with Crippen molar-refractivity contribution in [3.05, 3.63) is 23.8 Å². The Balaban J connectivity index is 1.26. The average molecular weight is 460 g/mol. The molecule has 1 aromatic rings. The zero-order valence-electron chi connectivity index (χ0n) is 18.8. The number of ether oxygens (including phenoxy) is 3. The van der Waals surface area contributed by atoms with Gasteiger partial charge in [-0.3, -0.25) is 4.79 Å². The Morgan fingerprint density at radius 3 is 2.70 bits per heavy atom. The molecule has 1 aliphatic carbocycles. The summed E-state index contributed by atoms with van der Waals surface area (Å²) in [6, 6.07) is 5.71. The largest absolute Gasteiger partial charge is 0.487 e. The minimum atomic E-state index is -0.499. The molecular formula is C24H33N3O6. The molecule has 9 nitrogen and oxygen atoms in total. The monoisotopic (exact) mass is 459 g/mol. The topological polar surface area (TPSA) is 109 Å². The van der Waals surface area contributed by atoms with E-state index in [9.17, 15) is 14.7 Å². The van der Waals surface area contributed by atoms with Crippen LogP contribution in [-0.4, -0.2) is 79.2 Å². The quantitative estimate of drug-likeness (QED) is 0.621. The van der Waals surface area contributed by atoms with Crippen LogP contribution in [0.2, 0.25) is 0 Å². The standard InChI is InChI=1S/C24H33N3O6/c28-14-21-23-19(12-17(32-21)13-22(29)27-7-9-31-10-8-27)18-11-16(5-6-20(18)33-23)26-24(30)25-15-3-1-2-4-15/h5-6,11,15,17,19,21,23,28H,1-4,7-10,12-14H2,(H2,25,26,30)/t17-,19+,21+,23-/m1/s1. The fraction of sp³-hybridized carbons (Fsp3) is 0.667. The number of aliphatic hydroxyl groups excluding tert-OH is 1. The van der Waals surface area contributed by atoms with Crippen LogP contribution in [0.25, 0.3) is 0 Å². The van der Waals surface area contributed by atoms with Crippen LogP contribution >= 0.6 is 0 Å². The third-order valence-corrected chi connectivity index (χ3v) is 7.21. The molecule has 3 aliphatic heterocycles. The second-order valence-corrected chi connectivity index (χ2v) is 9.43. The van der Waals surface area contributed by atoms with Gasteiger partial charge in [-0.15, -0.1) is 0 Å². The molecule has 2 saturated heterocycles. The first-order valence-corrected chi connectivity index (χ1v) is 12.1. The van der Waals surface area contributed by atoms with E-state index in [2.05, 4.69) is 10.6 Å². The van der Waals surface area contributed by atoms with E-state index in [1.165, 1.54) is 0 Å². The van der Waals surface area contributed by atoms with Crippen molar-refractivity contribution in [1.29, 1.82) is 0 Å². The highest BCUT2D eigenvalue weighted by atomic mass is 16.6. The zero-order valence-corrected chi connectivity index (χ0v) is 18.8. The van der Waals surface area contributed by atoms with Gasteiger partial charge < -0.3 is 34.9 Å². The average Bonchev–Trinajstić information content (AvgIpc) is 3.46. The van der Waals surface area contributed by atoms with Crippen LogP contribution in [-0.2, 0) is 14.3 Å². The first-order valence-electron chi connectivity index (χ1n) is 12.1. The van der Waals surface area contributed by atoms with Gasteiger partial charge in [-0.1, -0.05) is 12.8 Å². The summed E-state index contributed by atoms with van der Waals surface area (Å²) in [5.41, 5.74) is 1.70. The number of morpholine rings is 1. The molecule has 4 aliphatic rings. The van der Waals surface area contributed by atoms with Crippen LogP contribution in [0.3, 0.4) is 0 Å². The van der Waals surface area contributed by atoms with Gasteiger partial charge in [0.1, 0.15) is 18.0 Å². The molecule has 0 aromatic heterocycles. The van der Waals surface area contributed by atoms with E-state index in [0.29, 0.717) is 38.4 Å². The number of urea groups is 1. The molecule has 0 bridgehead atoms. The zero-order chi connectivity index (χ0) is 22.8. The summed E-state index contributed by atoms with van der Waals surface area (Å²) < 4.78 is 17.5. The number of nitrogens with zero attached hydrogens (tertiary/aromatic N) is 1. The third-order valence-electron chi connectivity index (χ3n) is 7.21. The number of amides is 3. The number of hydrogen-bond donors (Lipinski definition) is 3. The van der Waals surface area contributed by atoms with Gasteiger partial charge in [0, 0.05) is 36.3 Å². The van der Waals surface area contributed by atoms with Crippen molar-refractivity contribution in [2.24, 2.45) is 0 Å². The molecule has 3 N–H and O–H groups in total. The van der Waals surface area contributed by atoms with Crippen LogP contribution in [0.4, 0.5) is 10.5 Å². The molecule has 1 saturated carbocycles. The Kier molecular flexibility index (Phi) is 6.71. The predicted molar refractivity (Wildman–Crippen MR) is 120 cm³/mol. The van der Waals surface area contributed by atoms with E-state index >= 15 is 0 Å². The van der Waals surface area contributed by atoms with Gasteiger partial charge in [0.25, 0.3) is 0 Å². The molecule has 1 aromatic carbocycles. The molecular weight excluding hydrogens is 426 g/mol. The normalized spacial score (nSPS) is 29.2. The number of aliphatic hydroxyl groups is 1. The van der Waals surface area contributed by atoms with Crippen molar-refractivity contribution in [2.75, 3.05) is 38.2 Å². The summed E-state index contributed by atoms with van der Waals surface area (Å²) >= 11 is 0. The maximum Gasteiger partial charge on any atom is 0.319 e. The highest BCUT2D eigenvalue weighted by molar-refractivity contribution is 5.89. The molecule has 0 radical (unpaired) electrons. The minimum absolute atomic E-state index is 0.00645. The summed E-state index contributed by atoms with van der Waals surface area (Å²) in [4.78, 5) is 27.0. The van der Waals surface area contributed by atoms with Gasteiger partial charge in [0.15, 0.2) is 0 Å². The molecule has 3 heterocycles. The first kappa shape index (κ1) is 22.4. The summed E-state index contributed by atoms with van der Waals surface area (Å²) in [6.45, 7) is 2.15. The number of benzene rings is 1. The number of carbonyl (C=O) groups excluding carboxylic acids is 2. The van der Waals surface area contributed by atoms with Crippen molar-refractivity contribution in [1.82, 2.24) is 10.2 Å². The second kappa shape index (κ2) is 9.87. The van der Waals surface area contributed by atoms with Gasteiger partial charge >= 0.3 is 6.03 Å². The summed E-state index contributed by atoms with van der Waals surface area (Å²) in [7, 11) is 0. The number of nitrogens with one attached hydrogen (secondary N) is 2. The predicted octanol–water partition coefficient (Wildman–Crippen LogP) is 1.99. The molecule has 9 heteroatoms. The Morgan fingerprint density at radius 2 is 1.94 bits per heavy atom. The van der Waals surface area contributed by atoms with Crippen LogP contribution in [0.5, 0.6) is 5.75 Å². The van der Waals surface area contributed by atoms with Gasteiger partial charge in [-0.2, -0.15) is 0 Å². The Labute approximate surface area is 193 Å². The first-order chi connectivity index (χ1) is 16.1. The summed E-state index contributed by atoms with van der Waals surface area (Å²) in [6.07, 6.45) is 4.18. The smallest absolute Gasteiger partial charge is 0.319 e. The van der Waals surface area contributed by atoms with Crippen molar-refractivity contribution in [3.8, 4) is 5.75 Å². The van der Waals surface area contributed by atoms with Gasteiger partial charge in [0.2, 0.25) is 5.91 Å². The van der Waals surface area contributed by atoms with Crippen LogP contribution in [0.15, 0.2) is 18.2 Å². The Bertz CT molecular complexity index is 868. The molecule has 3 amide bonds. The van der Waals surface area contributed by atoms with Gasteiger partial charge in [-0.05, 0) is 37.5 Å². The number of anilines is 1. The maximum absolute atomic E-state index is 12.8. The Morgan fingerprint density at radius 1 is 1.15 bits per heavy atom. The third kappa shape index (κ3) is 4.95. The van der Waals surface area contributed by atoms with Gasteiger partial charge in [0.05, 0.1) is 32.3 Å². The van der Waals surface area contributed by atoms with Crippen molar-refractivity contribution in [2.45, 2.75) is 68.8 Å². The van der Waals surface area contributed by atoms with Crippen molar-refractivity contribution in [3.63, 3.8) is 0 Å². The minimum Gasteiger partial charge on any atom is -0.487 e. The molecule has 4 atom stereocenters. The lowest BCUT2D eigenvalue weighted by Gasteiger charge is -2.38. The van der Waals surface area contributed by atoms with E-state index in [1.54, 1.807) is 0 Å². The van der Waals surface area contributed by atoms with Crippen molar-refractivity contribution >= 4 is 17.6 Å². The number of carbonyl (C=O) groups is 2. The lowest BCUT2D eigenvalue weighted by atomic mass is 9.84. The molecule has 33 heavy (non-hydrogen) atoms. The number of fused-ring (bicyclic) bond motifs is 3. The molecule has 3 fully saturated rings.